The summed E-state index contributed by atoms with van der Waals surface area (Å²) in [5, 5.41) is 1.11. The van der Waals surface area contributed by atoms with Gasteiger partial charge in [-0.05, 0) is 43.9 Å². The van der Waals surface area contributed by atoms with Crippen molar-refractivity contribution in [2.75, 3.05) is 13.2 Å². The fourth-order valence-corrected chi connectivity index (χ4v) is 2.31. The molecule has 0 N–H and O–H groups in total. The second-order valence-electron chi connectivity index (χ2n) is 4.61. The second kappa shape index (κ2) is 6.12. The van der Waals surface area contributed by atoms with E-state index in [4.69, 9.17) is 32.7 Å². The van der Waals surface area contributed by atoms with E-state index in [0.29, 0.717) is 29.7 Å². The molecule has 2 rings (SSSR count). The van der Waals surface area contributed by atoms with Crippen LogP contribution in [0.15, 0.2) is 18.2 Å². The summed E-state index contributed by atoms with van der Waals surface area (Å²) in [6.07, 6.45) is 2.35. The summed E-state index contributed by atoms with van der Waals surface area (Å²) >= 11 is 11.8. The molecular formula is C14H16Cl2O3. The summed E-state index contributed by atoms with van der Waals surface area (Å²) < 4.78 is 10.3. The van der Waals surface area contributed by atoms with E-state index in [9.17, 15) is 4.79 Å². The number of epoxide rings is 1. The maximum absolute atomic E-state index is 11.7. The van der Waals surface area contributed by atoms with Crippen molar-refractivity contribution in [1.29, 1.82) is 0 Å². The summed E-state index contributed by atoms with van der Waals surface area (Å²) in [7, 11) is 0. The van der Waals surface area contributed by atoms with Crippen LogP contribution in [0.25, 0.3) is 0 Å². The number of hydrogen-bond acceptors (Lipinski definition) is 3. The van der Waals surface area contributed by atoms with Crippen molar-refractivity contribution in [3.05, 3.63) is 33.8 Å². The van der Waals surface area contributed by atoms with Gasteiger partial charge in [0.1, 0.15) is 0 Å². The molecule has 1 atom stereocenters. The van der Waals surface area contributed by atoms with Crippen LogP contribution in [0.4, 0.5) is 0 Å². The molecule has 104 valence electrons. The molecule has 5 heteroatoms. The second-order valence-corrected chi connectivity index (χ2v) is 5.42. The van der Waals surface area contributed by atoms with Gasteiger partial charge in [-0.1, -0.05) is 29.3 Å². The van der Waals surface area contributed by atoms with Crippen LogP contribution in [0.5, 0.6) is 0 Å². The molecule has 1 fully saturated rings. The number of aryl methyl sites for hydroxylation is 1. The summed E-state index contributed by atoms with van der Waals surface area (Å²) in [6, 6.07) is 5.58. The third kappa shape index (κ3) is 3.62. The van der Waals surface area contributed by atoms with Crippen LogP contribution in [0.2, 0.25) is 10.0 Å². The number of hydrogen-bond donors (Lipinski definition) is 0. The van der Waals surface area contributed by atoms with Gasteiger partial charge in [-0.25, -0.2) is 4.79 Å². The molecule has 1 aromatic carbocycles. The first kappa shape index (κ1) is 14.6. The van der Waals surface area contributed by atoms with Crippen molar-refractivity contribution in [3.8, 4) is 0 Å². The Balaban J connectivity index is 1.83. The van der Waals surface area contributed by atoms with E-state index in [-0.39, 0.29) is 5.97 Å². The number of rotatable bonds is 6. The molecule has 0 spiro atoms. The lowest BCUT2D eigenvalue weighted by Gasteiger charge is -2.10. The predicted molar refractivity (Wildman–Crippen MR) is 74.7 cm³/mol. The van der Waals surface area contributed by atoms with Crippen LogP contribution in [0.3, 0.4) is 0 Å². The Morgan fingerprint density at radius 2 is 2.16 bits per heavy atom. The largest absolute Gasteiger partial charge is 0.464 e. The Morgan fingerprint density at radius 3 is 2.74 bits per heavy atom. The minimum Gasteiger partial charge on any atom is -0.464 e. The van der Waals surface area contributed by atoms with E-state index >= 15 is 0 Å². The highest BCUT2D eigenvalue weighted by Crippen LogP contribution is 2.34. The number of halogens is 2. The fraction of sp³-hybridized carbons (Fsp3) is 0.500. The molecular weight excluding hydrogens is 287 g/mol. The lowest BCUT2D eigenvalue weighted by molar-refractivity contribution is -0.149. The van der Waals surface area contributed by atoms with Gasteiger partial charge in [0.15, 0.2) is 5.60 Å². The first-order valence-corrected chi connectivity index (χ1v) is 7.08. The molecule has 0 aliphatic carbocycles. The van der Waals surface area contributed by atoms with Crippen molar-refractivity contribution in [1.82, 2.24) is 0 Å². The van der Waals surface area contributed by atoms with Gasteiger partial charge in [0.25, 0.3) is 0 Å². The van der Waals surface area contributed by atoms with Gasteiger partial charge in [-0.2, -0.15) is 0 Å². The van der Waals surface area contributed by atoms with Crippen molar-refractivity contribution >= 4 is 29.2 Å². The molecule has 0 amide bonds. The van der Waals surface area contributed by atoms with Crippen LogP contribution < -0.4 is 0 Å². The highest BCUT2D eigenvalue weighted by atomic mass is 35.5. The number of ether oxygens (including phenoxy) is 2. The van der Waals surface area contributed by atoms with Gasteiger partial charge < -0.3 is 9.47 Å². The first-order chi connectivity index (χ1) is 9.07. The lowest BCUT2D eigenvalue weighted by atomic mass is 10.0. The zero-order valence-electron chi connectivity index (χ0n) is 10.7. The van der Waals surface area contributed by atoms with Crippen molar-refractivity contribution in [3.63, 3.8) is 0 Å². The van der Waals surface area contributed by atoms with Crippen LogP contribution in [-0.4, -0.2) is 24.8 Å². The van der Waals surface area contributed by atoms with Gasteiger partial charge >= 0.3 is 5.97 Å². The van der Waals surface area contributed by atoms with E-state index in [1.54, 1.807) is 13.0 Å². The Labute approximate surface area is 122 Å². The molecule has 0 radical (unpaired) electrons. The van der Waals surface area contributed by atoms with Gasteiger partial charge in [-0.15, -0.1) is 0 Å². The van der Waals surface area contributed by atoms with E-state index in [2.05, 4.69) is 0 Å². The van der Waals surface area contributed by atoms with Crippen LogP contribution in [-0.2, 0) is 20.7 Å². The third-order valence-corrected chi connectivity index (χ3v) is 3.91. The molecule has 1 heterocycles. The van der Waals surface area contributed by atoms with Crippen LogP contribution in [0, 0.1) is 0 Å². The molecule has 1 aromatic rings. The molecule has 0 bridgehead atoms. The molecule has 1 aliphatic heterocycles. The smallest absolute Gasteiger partial charge is 0.340 e. The maximum Gasteiger partial charge on any atom is 0.340 e. The van der Waals surface area contributed by atoms with Gasteiger partial charge in [0.05, 0.1) is 23.3 Å². The van der Waals surface area contributed by atoms with Crippen molar-refractivity contribution < 1.29 is 14.3 Å². The Bertz CT molecular complexity index is 470. The summed E-state index contributed by atoms with van der Waals surface area (Å²) in [4.78, 5) is 11.7. The summed E-state index contributed by atoms with van der Waals surface area (Å²) in [5.41, 5.74) is 0.417. The lowest BCUT2D eigenvalue weighted by Crippen LogP contribution is -2.27. The molecule has 1 saturated heterocycles. The average Bonchev–Trinajstić information content (AvgIpc) is 3.15. The number of benzene rings is 1. The van der Waals surface area contributed by atoms with Crippen LogP contribution in [0.1, 0.15) is 25.3 Å². The van der Waals surface area contributed by atoms with Crippen LogP contribution >= 0.6 is 23.2 Å². The normalized spacial score (nSPS) is 21.2. The van der Waals surface area contributed by atoms with E-state index in [1.165, 1.54) is 0 Å². The minimum absolute atomic E-state index is 0.246. The number of carbonyl (C=O) groups is 1. The summed E-state index contributed by atoms with van der Waals surface area (Å²) in [5.74, 6) is -0.246. The van der Waals surface area contributed by atoms with Crippen molar-refractivity contribution in [2.45, 2.75) is 31.8 Å². The van der Waals surface area contributed by atoms with Gasteiger partial charge in [0, 0.05) is 0 Å². The topological polar surface area (TPSA) is 38.8 Å². The highest BCUT2D eigenvalue weighted by Gasteiger charge is 2.52. The molecule has 0 aromatic heterocycles. The first-order valence-electron chi connectivity index (χ1n) is 6.32. The SMILES string of the molecule is CCOC(=O)C1(CCCc2ccc(Cl)c(Cl)c2)CO1. The zero-order chi connectivity index (χ0) is 13.9. The van der Waals surface area contributed by atoms with E-state index < -0.39 is 5.60 Å². The standard InChI is InChI=1S/C14H16Cl2O3/c1-2-18-13(17)14(9-19-14)7-3-4-10-5-6-11(15)12(16)8-10/h5-6,8H,2-4,7,9H2,1H3. The molecule has 19 heavy (non-hydrogen) atoms. The van der Waals surface area contributed by atoms with Gasteiger partial charge in [-0.3, -0.25) is 0 Å². The molecule has 0 saturated carbocycles. The monoisotopic (exact) mass is 302 g/mol. The summed E-state index contributed by atoms with van der Waals surface area (Å²) in [6.45, 7) is 2.65. The average molecular weight is 303 g/mol. The minimum atomic E-state index is -0.688. The zero-order valence-corrected chi connectivity index (χ0v) is 12.3. The van der Waals surface area contributed by atoms with Gasteiger partial charge in [0.2, 0.25) is 0 Å². The molecule has 3 nitrogen and oxygen atoms in total. The third-order valence-electron chi connectivity index (χ3n) is 3.17. The maximum atomic E-state index is 11.7. The Kier molecular flexibility index (Phi) is 4.71. The Hall–Kier alpha value is -0.770. The Morgan fingerprint density at radius 1 is 1.42 bits per heavy atom. The number of esters is 1. The fourth-order valence-electron chi connectivity index (χ4n) is 1.99. The highest BCUT2D eigenvalue weighted by molar-refractivity contribution is 6.42. The molecule has 1 aliphatic rings. The number of carbonyl (C=O) groups excluding carboxylic acids is 1. The van der Waals surface area contributed by atoms with E-state index in [0.717, 1.165) is 18.4 Å². The van der Waals surface area contributed by atoms with E-state index in [1.807, 2.05) is 12.1 Å². The van der Waals surface area contributed by atoms with Crippen molar-refractivity contribution in [2.24, 2.45) is 0 Å². The molecule has 1 unspecified atom stereocenters. The quantitative estimate of drug-likeness (QED) is 0.595. The predicted octanol–water partition coefficient (Wildman–Crippen LogP) is 3.65.